The Morgan fingerprint density at radius 2 is 2.26 bits per heavy atom. The molecule has 1 aliphatic heterocycles. The maximum Gasteiger partial charge on any atom is 0.223 e. The molecule has 3 nitrogen and oxygen atoms in total. The zero-order valence-corrected chi connectivity index (χ0v) is 11.7. The van der Waals surface area contributed by atoms with Crippen LogP contribution in [0.4, 0.5) is 0 Å². The van der Waals surface area contributed by atoms with Gasteiger partial charge in [-0.25, -0.2) is 0 Å². The summed E-state index contributed by atoms with van der Waals surface area (Å²) in [4.78, 5) is 26.4. The van der Waals surface area contributed by atoms with Gasteiger partial charge in [-0.05, 0) is 37.0 Å². The first kappa shape index (κ1) is 12.9. The highest BCUT2D eigenvalue weighted by atomic mass is 16.2. The van der Waals surface area contributed by atoms with Crippen molar-refractivity contribution in [2.24, 2.45) is 17.8 Å². The van der Waals surface area contributed by atoms with Crippen LogP contribution >= 0.6 is 0 Å². The lowest BCUT2D eigenvalue weighted by Gasteiger charge is -2.60. The standard InChI is InChI=1S/C16H23NO2/c1-3-6-17-15(19)5-4-14-12-7-11(2)9-16(14,17)10-13(18)8-12/h3,11-12,14H,1,4-10H2,2H3/t11-,12+,14-,16+/m1/s1. The molecule has 2 saturated carbocycles. The van der Waals surface area contributed by atoms with Crippen molar-refractivity contribution < 1.29 is 9.59 Å². The van der Waals surface area contributed by atoms with Gasteiger partial charge in [-0.3, -0.25) is 9.59 Å². The van der Waals surface area contributed by atoms with Crippen LogP contribution in [0.5, 0.6) is 0 Å². The third kappa shape index (κ3) is 1.86. The van der Waals surface area contributed by atoms with Crippen LogP contribution in [0.25, 0.3) is 0 Å². The van der Waals surface area contributed by atoms with Gasteiger partial charge in [-0.1, -0.05) is 13.0 Å². The molecule has 19 heavy (non-hydrogen) atoms. The summed E-state index contributed by atoms with van der Waals surface area (Å²) in [5.74, 6) is 2.24. The highest BCUT2D eigenvalue weighted by Crippen LogP contribution is 2.54. The van der Waals surface area contributed by atoms with E-state index in [1.165, 1.54) is 0 Å². The number of carbonyl (C=O) groups is 2. The lowest BCUT2D eigenvalue weighted by atomic mass is 9.54. The number of nitrogens with zero attached hydrogens (tertiary/aromatic N) is 1. The van der Waals surface area contributed by atoms with Gasteiger partial charge in [0.05, 0.1) is 5.54 Å². The summed E-state index contributed by atoms with van der Waals surface area (Å²) in [7, 11) is 0. The van der Waals surface area contributed by atoms with Gasteiger partial charge in [-0.2, -0.15) is 0 Å². The van der Waals surface area contributed by atoms with Crippen LogP contribution < -0.4 is 0 Å². The summed E-state index contributed by atoms with van der Waals surface area (Å²) in [6, 6.07) is 0. The van der Waals surface area contributed by atoms with Crippen molar-refractivity contribution in [2.75, 3.05) is 6.54 Å². The van der Waals surface area contributed by atoms with E-state index in [0.29, 0.717) is 42.9 Å². The average molecular weight is 261 g/mol. The summed E-state index contributed by atoms with van der Waals surface area (Å²) in [5, 5.41) is 0. The molecule has 0 unspecified atom stereocenters. The maximum atomic E-state index is 12.3. The molecule has 3 rings (SSSR count). The Hall–Kier alpha value is -1.12. The Balaban J connectivity index is 2.02. The van der Waals surface area contributed by atoms with Gasteiger partial charge in [0.1, 0.15) is 5.78 Å². The Bertz CT molecular complexity index is 430. The molecular weight excluding hydrogens is 238 g/mol. The normalized spacial score (nSPS) is 41.9. The van der Waals surface area contributed by atoms with Gasteiger partial charge in [0, 0.05) is 25.8 Å². The number of Topliss-reactive ketones (excluding diaryl/α,β-unsaturated/α-hetero) is 1. The fraction of sp³-hybridized carbons (Fsp3) is 0.750. The monoisotopic (exact) mass is 261 g/mol. The molecule has 0 aromatic carbocycles. The van der Waals surface area contributed by atoms with Crippen molar-refractivity contribution in [1.29, 1.82) is 0 Å². The second kappa shape index (κ2) is 4.46. The number of carbonyl (C=O) groups excluding carboxylic acids is 2. The van der Waals surface area contributed by atoms with Crippen LogP contribution in [0, 0.1) is 17.8 Å². The van der Waals surface area contributed by atoms with Crippen LogP contribution in [0.3, 0.4) is 0 Å². The topological polar surface area (TPSA) is 37.4 Å². The minimum absolute atomic E-state index is 0.179. The van der Waals surface area contributed by atoms with E-state index in [1.54, 1.807) is 0 Å². The summed E-state index contributed by atoms with van der Waals surface area (Å²) < 4.78 is 0. The third-order valence-corrected chi connectivity index (χ3v) is 5.48. The van der Waals surface area contributed by atoms with Gasteiger partial charge >= 0.3 is 0 Å². The Kier molecular flexibility index (Phi) is 3.03. The average Bonchev–Trinajstić information content (AvgIpc) is 2.31. The van der Waals surface area contributed by atoms with Crippen molar-refractivity contribution in [3.63, 3.8) is 0 Å². The first-order valence-electron chi connectivity index (χ1n) is 7.50. The molecule has 3 fully saturated rings. The first-order valence-corrected chi connectivity index (χ1v) is 7.50. The van der Waals surface area contributed by atoms with E-state index in [0.717, 1.165) is 25.7 Å². The fourth-order valence-electron chi connectivity index (χ4n) is 5.08. The van der Waals surface area contributed by atoms with E-state index in [9.17, 15) is 9.59 Å². The number of amides is 1. The van der Waals surface area contributed by atoms with Crippen molar-refractivity contribution in [1.82, 2.24) is 4.90 Å². The molecule has 3 aliphatic rings. The van der Waals surface area contributed by atoms with Crippen molar-refractivity contribution in [3.8, 4) is 0 Å². The molecule has 0 radical (unpaired) electrons. The molecule has 1 amide bonds. The molecular formula is C16H23NO2. The summed E-state index contributed by atoms with van der Waals surface area (Å²) in [6.45, 7) is 6.66. The highest BCUT2D eigenvalue weighted by molar-refractivity contribution is 5.85. The first-order chi connectivity index (χ1) is 9.06. The smallest absolute Gasteiger partial charge is 0.223 e. The Labute approximate surface area is 115 Å². The van der Waals surface area contributed by atoms with Crippen LogP contribution in [-0.2, 0) is 9.59 Å². The number of rotatable bonds is 2. The highest BCUT2D eigenvalue weighted by Gasteiger charge is 2.57. The number of ketones is 1. The molecule has 0 spiro atoms. The zero-order chi connectivity index (χ0) is 13.6. The number of hydrogen-bond donors (Lipinski definition) is 0. The number of likely N-dealkylation sites (tertiary alicyclic amines) is 1. The van der Waals surface area contributed by atoms with Crippen molar-refractivity contribution >= 4 is 11.7 Å². The molecule has 1 saturated heterocycles. The minimum atomic E-state index is -0.179. The lowest BCUT2D eigenvalue weighted by molar-refractivity contribution is -0.163. The van der Waals surface area contributed by atoms with E-state index >= 15 is 0 Å². The summed E-state index contributed by atoms with van der Waals surface area (Å²) >= 11 is 0. The largest absolute Gasteiger partial charge is 0.333 e. The van der Waals surface area contributed by atoms with Crippen LogP contribution in [0.15, 0.2) is 12.7 Å². The Morgan fingerprint density at radius 1 is 1.47 bits per heavy atom. The third-order valence-electron chi connectivity index (χ3n) is 5.48. The van der Waals surface area contributed by atoms with Crippen molar-refractivity contribution in [3.05, 3.63) is 12.7 Å². The predicted octanol–water partition coefficient (Wildman–Crippen LogP) is 2.56. The summed E-state index contributed by atoms with van der Waals surface area (Å²) in [6.07, 6.45) is 6.93. The quantitative estimate of drug-likeness (QED) is 0.716. The van der Waals surface area contributed by atoms with Crippen LogP contribution in [-0.4, -0.2) is 28.7 Å². The summed E-state index contributed by atoms with van der Waals surface area (Å²) in [5.41, 5.74) is -0.179. The molecule has 4 atom stereocenters. The molecule has 2 aliphatic carbocycles. The Morgan fingerprint density at radius 3 is 3.00 bits per heavy atom. The van der Waals surface area contributed by atoms with Crippen LogP contribution in [0.2, 0.25) is 0 Å². The molecule has 3 heteroatoms. The second-order valence-corrected chi connectivity index (χ2v) is 6.77. The molecule has 0 N–H and O–H groups in total. The lowest BCUT2D eigenvalue weighted by Crippen LogP contribution is -2.66. The van der Waals surface area contributed by atoms with E-state index in [2.05, 4.69) is 13.5 Å². The van der Waals surface area contributed by atoms with E-state index in [4.69, 9.17) is 0 Å². The predicted molar refractivity (Wildman–Crippen MR) is 73.5 cm³/mol. The number of piperidine rings is 1. The molecule has 0 aromatic heterocycles. The molecule has 0 aromatic rings. The van der Waals surface area contributed by atoms with Crippen molar-refractivity contribution in [2.45, 2.75) is 51.0 Å². The molecule has 104 valence electrons. The van der Waals surface area contributed by atoms with Gasteiger partial charge in [-0.15, -0.1) is 6.58 Å². The fourth-order valence-corrected chi connectivity index (χ4v) is 5.08. The van der Waals surface area contributed by atoms with E-state index < -0.39 is 0 Å². The maximum absolute atomic E-state index is 12.3. The number of hydrogen-bond acceptors (Lipinski definition) is 2. The van der Waals surface area contributed by atoms with Gasteiger partial charge in [0.25, 0.3) is 0 Å². The van der Waals surface area contributed by atoms with Gasteiger partial charge in [0.2, 0.25) is 5.91 Å². The SMILES string of the molecule is C=CCN1C(=O)CC[C@@H]2[C@@H]3CC(=O)C[C@@]21C[C@H](C)C3. The minimum Gasteiger partial charge on any atom is -0.333 e. The van der Waals surface area contributed by atoms with Gasteiger partial charge in [0.15, 0.2) is 0 Å². The van der Waals surface area contributed by atoms with Gasteiger partial charge < -0.3 is 4.90 Å². The molecule has 1 heterocycles. The van der Waals surface area contributed by atoms with E-state index in [1.807, 2.05) is 11.0 Å². The van der Waals surface area contributed by atoms with Crippen LogP contribution in [0.1, 0.15) is 45.4 Å². The second-order valence-electron chi connectivity index (χ2n) is 6.77. The van der Waals surface area contributed by atoms with E-state index in [-0.39, 0.29) is 11.4 Å². The molecule has 2 bridgehead atoms. The zero-order valence-electron chi connectivity index (χ0n) is 11.7.